The fourth-order valence-electron chi connectivity index (χ4n) is 4.02. The molecular formula is C29H41N3O6. The molecular weight excluding hydrogens is 486 g/mol. The average molecular weight is 528 g/mol. The topological polar surface area (TPSA) is 117 Å². The summed E-state index contributed by atoms with van der Waals surface area (Å²) in [5, 5.41) is 16.3. The second-order valence-electron chi connectivity index (χ2n) is 10.8. The monoisotopic (exact) mass is 527 g/mol. The average Bonchev–Trinajstić information content (AvgIpc) is 2.81. The predicted octanol–water partition coefficient (Wildman–Crippen LogP) is 5.26. The van der Waals surface area contributed by atoms with Crippen molar-refractivity contribution in [2.75, 3.05) is 12.4 Å². The number of alkyl carbamates (subject to hydrolysis) is 1. The van der Waals surface area contributed by atoms with Crippen LogP contribution in [0.1, 0.15) is 66.5 Å². The number of aromatic hydroxyl groups is 1. The van der Waals surface area contributed by atoms with Crippen molar-refractivity contribution in [3.05, 3.63) is 54.1 Å². The Kier molecular flexibility index (Phi) is 10.6. The van der Waals surface area contributed by atoms with Crippen LogP contribution >= 0.6 is 0 Å². The number of ether oxygens (including phenoxy) is 2. The Morgan fingerprint density at radius 3 is 2.08 bits per heavy atom. The molecule has 0 aliphatic rings. The maximum absolute atomic E-state index is 14.1. The fourth-order valence-corrected chi connectivity index (χ4v) is 4.02. The summed E-state index contributed by atoms with van der Waals surface area (Å²) in [6.07, 6.45) is -0.392. The van der Waals surface area contributed by atoms with Gasteiger partial charge < -0.3 is 30.1 Å². The summed E-state index contributed by atoms with van der Waals surface area (Å²) in [5.41, 5.74) is 0.0169. The lowest BCUT2D eigenvalue weighted by Gasteiger charge is -2.37. The summed E-state index contributed by atoms with van der Waals surface area (Å²) in [4.78, 5) is 41.9. The number of carbonyl (C=O) groups is 3. The van der Waals surface area contributed by atoms with Gasteiger partial charge in [-0.05, 0) is 77.3 Å². The van der Waals surface area contributed by atoms with Crippen molar-refractivity contribution < 1.29 is 29.0 Å². The zero-order valence-electron chi connectivity index (χ0n) is 23.6. The Morgan fingerprint density at radius 1 is 0.974 bits per heavy atom. The molecule has 0 radical (unpaired) electrons. The lowest BCUT2D eigenvalue weighted by molar-refractivity contribution is -0.143. The number of methoxy groups -OCH3 is 1. The maximum atomic E-state index is 14.1. The van der Waals surface area contributed by atoms with E-state index < -0.39 is 41.6 Å². The van der Waals surface area contributed by atoms with Gasteiger partial charge in [0.1, 0.15) is 29.2 Å². The van der Waals surface area contributed by atoms with E-state index in [1.165, 1.54) is 11.0 Å². The standard InChI is InChI=1S/C29H41N3O6/c1-18(2)17-23(31-28(36)38-29(5,6)7)27(35)32(19(3)4)25(22-11-9-10-12-24(22)33)26(34)30-20-13-15-21(37-8)16-14-20/h9-16,18-19,23,25,33H,17H2,1-8H3,(H,30,34)(H,31,36). The highest BCUT2D eigenvalue weighted by molar-refractivity contribution is 5.99. The fraction of sp³-hybridized carbons (Fsp3) is 0.483. The third-order valence-corrected chi connectivity index (χ3v) is 5.62. The number of para-hydroxylation sites is 1. The molecule has 0 saturated carbocycles. The molecule has 0 spiro atoms. The Hall–Kier alpha value is -3.75. The smallest absolute Gasteiger partial charge is 0.408 e. The van der Waals surface area contributed by atoms with E-state index in [1.54, 1.807) is 84.2 Å². The van der Waals surface area contributed by atoms with Crippen LogP contribution in [-0.4, -0.2) is 52.7 Å². The first-order valence-corrected chi connectivity index (χ1v) is 12.8. The summed E-state index contributed by atoms with van der Waals surface area (Å²) in [6, 6.07) is 10.6. The van der Waals surface area contributed by atoms with Crippen molar-refractivity contribution in [1.82, 2.24) is 10.2 Å². The zero-order chi connectivity index (χ0) is 28.6. The van der Waals surface area contributed by atoms with Gasteiger partial charge in [0.25, 0.3) is 5.91 Å². The van der Waals surface area contributed by atoms with Crippen molar-refractivity contribution in [2.45, 2.75) is 78.6 Å². The van der Waals surface area contributed by atoms with Crippen LogP contribution in [0.15, 0.2) is 48.5 Å². The molecule has 0 aliphatic carbocycles. The number of phenolic OH excluding ortho intramolecular Hbond substituents is 1. The molecule has 3 N–H and O–H groups in total. The summed E-state index contributed by atoms with van der Waals surface area (Å²) in [7, 11) is 1.55. The van der Waals surface area contributed by atoms with Crippen LogP contribution in [-0.2, 0) is 14.3 Å². The number of anilines is 1. The number of amides is 3. The number of rotatable bonds is 10. The number of benzene rings is 2. The summed E-state index contributed by atoms with van der Waals surface area (Å²) in [5.74, 6) is -0.410. The van der Waals surface area contributed by atoms with Crippen LogP contribution in [0.2, 0.25) is 0 Å². The number of nitrogens with one attached hydrogen (secondary N) is 2. The van der Waals surface area contributed by atoms with Gasteiger partial charge in [0, 0.05) is 17.3 Å². The number of phenols is 1. The van der Waals surface area contributed by atoms with Crippen molar-refractivity contribution in [3.63, 3.8) is 0 Å². The molecule has 9 heteroatoms. The third kappa shape index (κ3) is 8.68. The van der Waals surface area contributed by atoms with Gasteiger partial charge in [-0.15, -0.1) is 0 Å². The molecule has 208 valence electrons. The lowest BCUT2D eigenvalue weighted by Crippen LogP contribution is -2.54. The Labute approximate surface area is 225 Å². The molecule has 0 bridgehead atoms. The van der Waals surface area contributed by atoms with Gasteiger partial charge in [-0.3, -0.25) is 9.59 Å². The first kappa shape index (κ1) is 30.5. The second kappa shape index (κ2) is 13.2. The lowest BCUT2D eigenvalue weighted by atomic mass is 9.97. The van der Waals surface area contributed by atoms with Crippen molar-refractivity contribution >= 4 is 23.6 Å². The number of hydrogen-bond donors (Lipinski definition) is 3. The van der Waals surface area contributed by atoms with Crippen molar-refractivity contribution in [3.8, 4) is 11.5 Å². The molecule has 2 aromatic carbocycles. The van der Waals surface area contributed by atoms with E-state index in [1.807, 2.05) is 13.8 Å². The van der Waals surface area contributed by atoms with Crippen LogP contribution < -0.4 is 15.4 Å². The van der Waals surface area contributed by atoms with E-state index >= 15 is 0 Å². The van der Waals surface area contributed by atoms with Gasteiger partial charge >= 0.3 is 6.09 Å². The molecule has 0 aromatic heterocycles. The minimum Gasteiger partial charge on any atom is -0.508 e. The molecule has 9 nitrogen and oxygen atoms in total. The maximum Gasteiger partial charge on any atom is 0.408 e. The normalized spacial score (nSPS) is 13.0. The predicted molar refractivity (Wildman–Crippen MR) is 147 cm³/mol. The zero-order valence-corrected chi connectivity index (χ0v) is 23.6. The first-order valence-electron chi connectivity index (χ1n) is 12.8. The largest absolute Gasteiger partial charge is 0.508 e. The number of carbonyl (C=O) groups excluding carboxylic acids is 3. The van der Waals surface area contributed by atoms with E-state index in [-0.39, 0.29) is 17.2 Å². The molecule has 0 aliphatic heterocycles. The minimum atomic E-state index is -1.18. The number of nitrogens with zero attached hydrogens (tertiary/aromatic N) is 1. The third-order valence-electron chi connectivity index (χ3n) is 5.62. The molecule has 0 fully saturated rings. The molecule has 0 heterocycles. The Bertz CT molecular complexity index is 1090. The molecule has 2 rings (SSSR count). The van der Waals surface area contributed by atoms with Crippen LogP contribution in [0.3, 0.4) is 0 Å². The van der Waals surface area contributed by atoms with Crippen LogP contribution in [0.5, 0.6) is 11.5 Å². The molecule has 2 unspecified atom stereocenters. The molecule has 3 amide bonds. The van der Waals surface area contributed by atoms with Gasteiger partial charge in [-0.25, -0.2) is 4.79 Å². The van der Waals surface area contributed by atoms with Gasteiger partial charge in [-0.2, -0.15) is 0 Å². The van der Waals surface area contributed by atoms with E-state index in [0.717, 1.165) is 0 Å². The Morgan fingerprint density at radius 2 is 1.58 bits per heavy atom. The quantitative estimate of drug-likeness (QED) is 0.388. The minimum absolute atomic E-state index is 0.0598. The molecule has 0 saturated heterocycles. The highest BCUT2D eigenvalue weighted by Crippen LogP contribution is 2.32. The van der Waals surface area contributed by atoms with Gasteiger partial charge in [0.05, 0.1) is 7.11 Å². The van der Waals surface area contributed by atoms with Crippen molar-refractivity contribution in [1.29, 1.82) is 0 Å². The summed E-state index contributed by atoms with van der Waals surface area (Å²) >= 11 is 0. The van der Waals surface area contributed by atoms with Crippen molar-refractivity contribution in [2.24, 2.45) is 5.92 Å². The van der Waals surface area contributed by atoms with Gasteiger partial charge in [0.15, 0.2) is 0 Å². The van der Waals surface area contributed by atoms with Crippen LogP contribution in [0.4, 0.5) is 10.5 Å². The van der Waals surface area contributed by atoms with E-state index in [9.17, 15) is 19.5 Å². The number of hydrogen-bond acceptors (Lipinski definition) is 6. The van der Waals surface area contributed by atoms with Crippen LogP contribution in [0.25, 0.3) is 0 Å². The highest BCUT2D eigenvalue weighted by atomic mass is 16.6. The van der Waals surface area contributed by atoms with E-state index in [0.29, 0.717) is 17.9 Å². The van der Waals surface area contributed by atoms with Crippen LogP contribution in [0, 0.1) is 5.92 Å². The molecule has 2 atom stereocenters. The van der Waals surface area contributed by atoms with E-state index in [4.69, 9.17) is 9.47 Å². The molecule has 38 heavy (non-hydrogen) atoms. The molecule has 2 aromatic rings. The summed E-state index contributed by atoms with van der Waals surface area (Å²) in [6.45, 7) is 12.7. The first-order chi connectivity index (χ1) is 17.7. The van der Waals surface area contributed by atoms with Gasteiger partial charge in [-0.1, -0.05) is 32.0 Å². The Balaban J connectivity index is 2.51. The SMILES string of the molecule is COc1ccc(NC(=O)C(c2ccccc2O)N(C(=O)C(CC(C)C)NC(=O)OC(C)(C)C)C(C)C)cc1. The second-order valence-corrected chi connectivity index (χ2v) is 10.8. The highest BCUT2D eigenvalue weighted by Gasteiger charge is 2.39. The van der Waals surface area contributed by atoms with Gasteiger partial charge in [0.2, 0.25) is 5.91 Å². The summed E-state index contributed by atoms with van der Waals surface area (Å²) < 4.78 is 10.6. The van der Waals surface area contributed by atoms with E-state index in [2.05, 4.69) is 10.6 Å².